The molecule has 1 heterocycles. The molecule has 2 aromatic rings. The van der Waals surface area contributed by atoms with Gasteiger partial charge >= 0.3 is 0 Å². The van der Waals surface area contributed by atoms with E-state index in [1.807, 2.05) is 42.5 Å². The average molecular weight is 342 g/mol. The molecule has 0 radical (unpaired) electrons. The van der Waals surface area contributed by atoms with Gasteiger partial charge in [-0.2, -0.15) is 4.31 Å². The molecule has 4 rings (SSSR count). The number of rotatable bonds is 4. The number of benzene rings is 2. The molecule has 1 saturated heterocycles. The molecule has 0 amide bonds. The van der Waals surface area contributed by atoms with Crippen LogP contribution in [0.1, 0.15) is 12.8 Å². The van der Waals surface area contributed by atoms with Crippen molar-refractivity contribution < 1.29 is 8.42 Å². The third-order valence-corrected chi connectivity index (χ3v) is 7.05. The van der Waals surface area contributed by atoms with Gasteiger partial charge in [0.2, 0.25) is 10.0 Å². The number of sulfonamides is 1. The summed E-state index contributed by atoms with van der Waals surface area (Å²) in [5.41, 5.74) is 8.28. The van der Waals surface area contributed by atoms with Gasteiger partial charge in [-0.1, -0.05) is 42.5 Å². The molecule has 0 spiro atoms. The van der Waals surface area contributed by atoms with Crippen LogP contribution >= 0.6 is 0 Å². The lowest BCUT2D eigenvalue weighted by molar-refractivity contribution is 0.428. The minimum absolute atomic E-state index is 0.0316. The molecule has 126 valence electrons. The van der Waals surface area contributed by atoms with Gasteiger partial charge in [-0.15, -0.1) is 0 Å². The molecule has 1 aliphatic carbocycles. The molecule has 5 heteroatoms. The average Bonchev–Trinajstić information content (AvgIpc) is 3.37. The molecule has 0 aromatic heterocycles. The molecule has 2 fully saturated rings. The minimum atomic E-state index is -3.46. The van der Waals surface area contributed by atoms with Gasteiger partial charge in [0.25, 0.3) is 0 Å². The van der Waals surface area contributed by atoms with Gasteiger partial charge in [0.15, 0.2) is 0 Å². The number of hydrogen-bond acceptors (Lipinski definition) is 3. The van der Waals surface area contributed by atoms with Crippen LogP contribution in [-0.2, 0) is 10.0 Å². The maximum absolute atomic E-state index is 12.9. The summed E-state index contributed by atoms with van der Waals surface area (Å²) >= 11 is 0. The van der Waals surface area contributed by atoms with Crippen LogP contribution in [0.4, 0.5) is 0 Å². The molecule has 4 nitrogen and oxygen atoms in total. The van der Waals surface area contributed by atoms with Gasteiger partial charge in [-0.05, 0) is 47.9 Å². The van der Waals surface area contributed by atoms with E-state index >= 15 is 0 Å². The first-order valence-corrected chi connectivity index (χ1v) is 9.91. The summed E-state index contributed by atoms with van der Waals surface area (Å²) in [6.07, 6.45) is 2.38. The summed E-state index contributed by atoms with van der Waals surface area (Å²) in [5.74, 6) is 0.948. The normalized spacial score (nSPS) is 25.0. The first-order chi connectivity index (χ1) is 11.6. The van der Waals surface area contributed by atoms with Crippen molar-refractivity contribution in [2.24, 2.45) is 17.6 Å². The molecule has 1 aliphatic heterocycles. The smallest absolute Gasteiger partial charge is 0.243 e. The molecule has 24 heavy (non-hydrogen) atoms. The van der Waals surface area contributed by atoms with Crippen LogP contribution in [-0.4, -0.2) is 31.9 Å². The van der Waals surface area contributed by atoms with Gasteiger partial charge in [-0.3, -0.25) is 0 Å². The Bertz CT molecular complexity index is 814. The van der Waals surface area contributed by atoms with E-state index in [4.69, 9.17) is 5.73 Å². The van der Waals surface area contributed by atoms with Crippen molar-refractivity contribution in [3.63, 3.8) is 0 Å². The van der Waals surface area contributed by atoms with Crippen molar-refractivity contribution in [3.05, 3.63) is 54.6 Å². The van der Waals surface area contributed by atoms with Crippen molar-refractivity contribution in [2.45, 2.75) is 23.8 Å². The second kappa shape index (κ2) is 5.99. The van der Waals surface area contributed by atoms with Crippen LogP contribution in [0.5, 0.6) is 0 Å². The third kappa shape index (κ3) is 2.88. The summed E-state index contributed by atoms with van der Waals surface area (Å²) in [7, 11) is -3.46. The van der Waals surface area contributed by atoms with E-state index in [9.17, 15) is 8.42 Å². The predicted octanol–water partition coefficient (Wildman–Crippen LogP) is 2.71. The zero-order chi connectivity index (χ0) is 16.7. The van der Waals surface area contributed by atoms with Crippen molar-refractivity contribution in [1.29, 1.82) is 0 Å². The number of hydrogen-bond donors (Lipinski definition) is 1. The van der Waals surface area contributed by atoms with Crippen LogP contribution in [0.25, 0.3) is 11.1 Å². The van der Waals surface area contributed by atoms with Crippen LogP contribution in [0, 0.1) is 11.8 Å². The molecule has 1 saturated carbocycles. The van der Waals surface area contributed by atoms with Crippen molar-refractivity contribution >= 4 is 10.0 Å². The Morgan fingerprint density at radius 2 is 1.50 bits per heavy atom. The first kappa shape index (κ1) is 15.8. The van der Waals surface area contributed by atoms with E-state index in [0.717, 1.165) is 11.1 Å². The molecule has 0 unspecified atom stereocenters. The Kier molecular flexibility index (Phi) is 3.95. The molecule has 2 aromatic carbocycles. The zero-order valence-electron chi connectivity index (χ0n) is 13.5. The fraction of sp³-hybridized carbons (Fsp3) is 0.368. The Morgan fingerprint density at radius 3 is 2.12 bits per heavy atom. The van der Waals surface area contributed by atoms with E-state index in [-0.39, 0.29) is 6.04 Å². The SMILES string of the molecule is N[C@@H]1CN(S(=O)(=O)c2ccc(-c3ccccc3)cc2)C[C@H]1C1CC1. The quantitative estimate of drug-likeness (QED) is 0.929. The molecular weight excluding hydrogens is 320 g/mol. The van der Waals surface area contributed by atoms with Crippen LogP contribution in [0.15, 0.2) is 59.5 Å². The lowest BCUT2D eigenvalue weighted by Crippen LogP contribution is -2.32. The highest BCUT2D eigenvalue weighted by Crippen LogP contribution is 2.42. The van der Waals surface area contributed by atoms with E-state index < -0.39 is 10.0 Å². The summed E-state index contributed by atoms with van der Waals surface area (Å²) in [6.45, 7) is 0.999. The zero-order valence-corrected chi connectivity index (χ0v) is 14.3. The summed E-state index contributed by atoms with van der Waals surface area (Å²) in [5, 5.41) is 0. The van der Waals surface area contributed by atoms with E-state index in [2.05, 4.69) is 0 Å². The Morgan fingerprint density at radius 1 is 0.875 bits per heavy atom. The van der Waals surface area contributed by atoms with Gasteiger partial charge < -0.3 is 5.73 Å². The number of nitrogens with zero attached hydrogens (tertiary/aromatic N) is 1. The summed E-state index contributed by atoms with van der Waals surface area (Å²) in [4.78, 5) is 0.353. The highest BCUT2D eigenvalue weighted by molar-refractivity contribution is 7.89. The molecule has 0 bridgehead atoms. The van der Waals surface area contributed by atoms with E-state index in [1.54, 1.807) is 16.4 Å². The fourth-order valence-corrected chi connectivity index (χ4v) is 5.15. The monoisotopic (exact) mass is 342 g/mol. The molecule has 2 aliphatic rings. The third-order valence-electron chi connectivity index (χ3n) is 5.21. The second-order valence-electron chi connectivity index (χ2n) is 6.88. The first-order valence-electron chi connectivity index (χ1n) is 8.47. The maximum atomic E-state index is 12.9. The molecular formula is C19H22N2O2S. The van der Waals surface area contributed by atoms with Crippen LogP contribution in [0.3, 0.4) is 0 Å². The fourth-order valence-electron chi connectivity index (χ4n) is 3.63. The van der Waals surface area contributed by atoms with Crippen molar-refractivity contribution in [1.82, 2.24) is 4.31 Å². The van der Waals surface area contributed by atoms with Gasteiger partial charge in [0.05, 0.1) is 4.90 Å². The largest absolute Gasteiger partial charge is 0.326 e. The Labute approximate surface area is 143 Å². The van der Waals surface area contributed by atoms with E-state index in [0.29, 0.717) is 29.8 Å². The van der Waals surface area contributed by atoms with Gasteiger partial charge in [-0.25, -0.2) is 8.42 Å². The highest BCUT2D eigenvalue weighted by Gasteiger charge is 2.44. The maximum Gasteiger partial charge on any atom is 0.243 e. The Hall–Kier alpha value is -1.69. The summed E-state index contributed by atoms with van der Waals surface area (Å²) in [6, 6.07) is 17.1. The van der Waals surface area contributed by atoms with E-state index in [1.165, 1.54) is 12.8 Å². The topological polar surface area (TPSA) is 63.4 Å². The second-order valence-corrected chi connectivity index (χ2v) is 8.82. The van der Waals surface area contributed by atoms with Crippen LogP contribution < -0.4 is 5.73 Å². The van der Waals surface area contributed by atoms with Crippen LogP contribution in [0.2, 0.25) is 0 Å². The predicted molar refractivity (Wildman–Crippen MR) is 94.8 cm³/mol. The lowest BCUT2D eigenvalue weighted by Gasteiger charge is -2.16. The van der Waals surface area contributed by atoms with Gasteiger partial charge in [0.1, 0.15) is 0 Å². The minimum Gasteiger partial charge on any atom is -0.326 e. The molecule has 2 atom stereocenters. The molecule has 2 N–H and O–H groups in total. The summed E-state index contributed by atoms with van der Waals surface area (Å²) < 4.78 is 27.3. The lowest BCUT2D eigenvalue weighted by atomic mass is 9.99. The standard InChI is InChI=1S/C19H22N2O2S/c20-19-13-21(12-18(19)16-6-7-16)24(22,23)17-10-8-15(9-11-17)14-4-2-1-3-5-14/h1-5,8-11,16,18-19H,6-7,12-13,20H2/t18-,19+/m0/s1. The van der Waals surface area contributed by atoms with Crippen molar-refractivity contribution in [2.75, 3.05) is 13.1 Å². The highest BCUT2D eigenvalue weighted by atomic mass is 32.2. The van der Waals surface area contributed by atoms with Gasteiger partial charge in [0, 0.05) is 19.1 Å². The van der Waals surface area contributed by atoms with Crippen molar-refractivity contribution in [3.8, 4) is 11.1 Å². The number of nitrogens with two attached hydrogens (primary N) is 1. The Balaban J connectivity index is 1.56.